The first kappa shape index (κ1) is 12.5. The SMILES string of the molecule is CCCc1c(NC)ncnc1-n1nc(C)nc1C. The van der Waals surface area contributed by atoms with Gasteiger partial charge in [0.25, 0.3) is 0 Å². The smallest absolute Gasteiger partial charge is 0.164 e. The fraction of sp³-hybridized carbons (Fsp3) is 0.500. The molecule has 0 amide bonds. The van der Waals surface area contributed by atoms with Crippen LogP contribution in [0.3, 0.4) is 0 Å². The van der Waals surface area contributed by atoms with Crippen LogP contribution in [0.4, 0.5) is 5.82 Å². The highest BCUT2D eigenvalue weighted by Crippen LogP contribution is 2.20. The summed E-state index contributed by atoms with van der Waals surface area (Å²) in [6, 6.07) is 0. The lowest BCUT2D eigenvalue weighted by Crippen LogP contribution is -2.10. The lowest BCUT2D eigenvalue weighted by atomic mass is 10.1. The van der Waals surface area contributed by atoms with Crippen molar-refractivity contribution in [2.45, 2.75) is 33.6 Å². The Morgan fingerprint density at radius 3 is 2.61 bits per heavy atom. The third kappa shape index (κ3) is 2.18. The Balaban J connectivity index is 2.59. The van der Waals surface area contributed by atoms with Crippen LogP contribution in [0, 0.1) is 13.8 Å². The highest BCUT2D eigenvalue weighted by atomic mass is 15.4. The third-order valence-electron chi connectivity index (χ3n) is 2.73. The van der Waals surface area contributed by atoms with Crippen LogP contribution < -0.4 is 5.32 Å². The van der Waals surface area contributed by atoms with E-state index in [1.807, 2.05) is 20.9 Å². The van der Waals surface area contributed by atoms with Gasteiger partial charge in [-0.3, -0.25) is 0 Å². The predicted molar refractivity (Wildman–Crippen MR) is 70.0 cm³/mol. The van der Waals surface area contributed by atoms with Crippen molar-refractivity contribution in [2.24, 2.45) is 0 Å². The summed E-state index contributed by atoms with van der Waals surface area (Å²) in [5, 5.41) is 7.49. The summed E-state index contributed by atoms with van der Waals surface area (Å²) in [5.74, 6) is 3.26. The van der Waals surface area contributed by atoms with Gasteiger partial charge < -0.3 is 5.32 Å². The van der Waals surface area contributed by atoms with Crippen molar-refractivity contribution >= 4 is 5.82 Å². The van der Waals surface area contributed by atoms with Crippen molar-refractivity contribution in [3.8, 4) is 5.82 Å². The molecule has 0 radical (unpaired) electrons. The molecule has 0 unspecified atom stereocenters. The molecular formula is C12H18N6. The molecule has 0 saturated heterocycles. The topological polar surface area (TPSA) is 68.5 Å². The Kier molecular flexibility index (Phi) is 3.55. The summed E-state index contributed by atoms with van der Waals surface area (Å²) < 4.78 is 1.78. The summed E-state index contributed by atoms with van der Waals surface area (Å²) in [4.78, 5) is 12.9. The maximum Gasteiger partial charge on any atom is 0.164 e. The number of aromatic nitrogens is 5. The van der Waals surface area contributed by atoms with Crippen molar-refractivity contribution in [1.29, 1.82) is 0 Å². The second-order valence-electron chi connectivity index (χ2n) is 4.14. The van der Waals surface area contributed by atoms with Crippen molar-refractivity contribution in [2.75, 3.05) is 12.4 Å². The molecular weight excluding hydrogens is 228 g/mol. The van der Waals surface area contributed by atoms with E-state index in [0.29, 0.717) is 0 Å². The number of anilines is 1. The molecule has 2 aromatic rings. The van der Waals surface area contributed by atoms with Crippen molar-refractivity contribution in [1.82, 2.24) is 24.7 Å². The third-order valence-corrected chi connectivity index (χ3v) is 2.73. The maximum absolute atomic E-state index is 4.39. The lowest BCUT2D eigenvalue weighted by Gasteiger charge is -2.12. The van der Waals surface area contributed by atoms with E-state index in [2.05, 4.69) is 32.3 Å². The van der Waals surface area contributed by atoms with Gasteiger partial charge in [0.05, 0.1) is 0 Å². The standard InChI is InChI=1S/C12H18N6/c1-5-6-10-11(13-4)14-7-15-12(10)18-9(3)16-8(2)17-18/h7H,5-6H2,1-4H3,(H,13,14,15). The molecule has 0 atom stereocenters. The van der Waals surface area contributed by atoms with Crippen LogP contribution in [0.2, 0.25) is 0 Å². The van der Waals surface area contributed by atoms with Gasteiger partial charge in [-0.1, -0.05) is 13.3 Å². The molecule has 0 aliphatic heterocycles. The average Bonchev–Trinajstić information content (AvgIpc) is 2.69. The Morgan fingerprint density at radius 2 is 2.06 bits per heavy atom. The first-order chi connectivity index (χ1) is 8.67. The van der Waals surface area contributed by atoms with E-state index >= 15 is 0 Å². The number of nitrogens with one attached hydrogen (secondary N) is 1. The first-order valence-corrected chi connectivity index (χ1v) is 6.09. The monoisotopic (exact) mass is 246 g/mol. The van der Waals surface area contributed by atoms with Crippen LogP contribution in [-0.2, 0) is 6.42 Å². The minimum absolute atomic E-state index is 0.750. The quantitative estimate of drug-likeness (QED) is 0.888. The molecule has 0 aliphatic carbocycles. The van der Waals surface area contributed by atoms with Gasteiger partial charge in [0.1, 0.15) is 23.8 Å². The lowest BCUT2D eigenvalue weighted by molar-refractivity contribution is 0.771. The fourth-order valence-electron chi connectivity index (χ4n) is 2.00. The molecule has 2 aromatic heterocycles. The second kappa shape index (κ2) is 5.12. The van der Waals surface area contributed by atoms with Gasteiger partial charge in [-0.15, -0.1) is 5.10 Å². The van der Waals surface area contributed by atoms with Crippen LogP contribution in [-0.4, -0.2) is 31.8 Å². The van der Waals surface area contributed by atoms with Gasteiger partial charge in [-0.25, -0.2) is 15.0 Å². The molecule has 0 aliphatic rings. The normalized spacial score (nSPS) is 10.7. The molecule has 96 valence electrons. The summed E-state index contributed by atoms with van der Waals surface area (Å²) in [7, 11) is 1.87. The Morgan fingerprint density at radius 1 is 1.28 bits per heavy atom. The molecule has 0 bridgehead atoms. The predicted octanol–water partition coefficient (Wildman–Crippen LogP) is 1.67. The van der Waals surface area contributed by atoms with E-state index in [4.69, 9.17) is 0 Å². The minimum Gasteiger partial charge on any atom is -0.373 e. The highest BCUT2D eigenvalue weighted by Gasteiger charge is 2.14. The van der Waals surface area contributed by atoms with Gasteiger partial charge in [0.15, 0.2) is 5.82 Å². The molecule has 2 rings (SSSR count). The number of rotatable bonds is 4. The maximum atomic E-state index is 4.39. The van der Waals surface area contributed by atoms with Gasteiger partial charge in [0.2, 0.25) is 0 Å². The van der Waals surface area contributed by atoms with Crippen LogP contribution in [0.25, 0.3) is 5.82 Å². The van der Waals surface area contributed by atoms with E-state index in [-0.39, 0.29) is 0 Å². The van der Waals surface area contributed by atoms with Crippen LogP contribution in [0.1, 0.15) is 30.6 Å². The van der Waals surface area contributed by atoms with Crippen LogP contribution >= 0.6 is 0 Å². The average molecular weight is 246 g/mol. The number of hydrogen-bond acceptors (Lipinski definition) is 5. The molecule has 0 aromatic carbocycles. The highest BCUT2D eigenvalue weighted by molar-refractivity contribution is 5.51. The molecule has 0 spiro atoms. The first-order valence-electron chi connectivity index (χ1n) is 6.09. The van der Waals surface area contributed by atoms with E-state index in [0.717, 1.165) is 41.7 Å². The van der Waals surface area contributed by atoms with Gasteiger partial charge in [-0.05, 0) is 20.3 Å². The van der Waals surface area contributed by atoms with Crippen molar-refractivity contribution in [3.63, 3.8) is 0 Å². The van der Waals surface area contributed by atoms with Gasteiger partial charge >= 0.3 is 0 Å². The van der Waals surface area contributed by atoms with Crippen LogP contribution in [0.5, 0.6) is 0 Å². The van der Waals surface area contributed by atoms with E-state index < -0.39 is 0 Å². The molecule has 1 N–H and O–H groups in total. The fourth-order valence-corrected chi connectivity index (χ4v) is 2.00. The summed E-state index contributed by atoms with van der Waals surface area (Å²) in [5.41, 5.74) is 1.08. The number of hydrogen-bond donors (Lipinski definition) is 1. The minimum atomic E-state index is 0.750. The van der Waals surface area contributed by atoms with Crippen molar-refractivity contribution < 1.29 is 0 Å². The van der Waals surface area contributed by atoms with Crippen molar-refractivity contribution in [3.05, 3.63) is 23.5 Å². The molecule has 6 heteroatoms. The second-order valence-corrected chi connectivity index (χ2v) is 4.14. The zero-order valence-electron chi connectivity index (χ0n) is 11.2. The largest absolute Gasteiger partial charge is 0.373 e. The Hall–Kier alpha value is -1.98. The Labute approximate surface area is 106 Å². The zero-order valence-corrected chi connectivity index (χ0v) is 11.2. The van der Waals surface area contributed by atoms with E-state index in [1.54, 1.807) is 11.0 Å². The van der Waals surface area contributed by atoms with Crippen LogP contribution in [0.15, 0.2) is 6.33 Å². The molecule has 0 saturated carbocycles. The molecule has 18 heavy (non-hydrogen) atoms. The summed E-state index contributed by atoms with van der Waals surface area (Å²) in [6.07, 6.45) is 3.49. The summed E-state index contributed by atoms with van der Waals surface area (Å²) in [6.45, 7) is 5.94. The van der Waals surface area contributed by atoms with E-state index in [9.17, 15) is 0 Å². The molecule has 2 heterocycles. The molecule has 0 fully saturated rings. The Bertz CT molecular complexity index is 545. The number of nitrogens with zero attached hydrogens (tertiary/aromatic N) is 5. The number of aryl methyl sites for hydroxylation is 2. The van der Waals surface area contributed by atoms with Gasteiger partial charge in [0, 0.05) is 12.6 Å². The zero-order chi connectivity index (χ0) is 13.1. The molecule has 6 nitrogen and oxygen atoms in total. The van der Waals surface area contributed by atoms with E-state index in [1.165, 1.54) is 0 Å². The van der Waals surface area contributed by atoms with Gasteiger partial charge in [-0.2, -0.15) is 4.68 Å². The summed E-state index contributed by atoms with van der Waals surface area (Å²) >= 11 is 0.